The molecular weight excluding hydrogens is 349 g/mol. The Hall–Kier alpha value is -2.31. The van der Waals surface area contributed by atoms with Crippen LogP contribution in [-0.4, -0.2) is 15.9 Å². The van der Waals surface area contributed by atoms with Gasteiger partial charge in [-0.15, -0.1) is 11.8 Å². The van der Waals surface area contributed by atoms with Crippen molar-refractivity contribution in [3.05, 3.63) is 77.0 Å². The molecule has 0 spiro atoms. The molecule has 0 saturated carbocycles. The zero-order valence-corrected chi connectivity index (χ0v) is 14.0. The van der Waals surface area contributed by atoms with Crippen LogP contribution in [0.4, 0.5) is 10.2 Å². The van der Waals surface area contributed by atoms with Crippen molar-refractivity contribution in [2.24, 2.45) is 0 Å². The fraction of sp³-hybridized carbons (Fsp3) is 0.0588. The summed E-state index contributed by atoms with van der Waals surface area (Å²) in [5.41, 5.74) is 0.911. The number of hydrogen-bond donors (Lipinski definition) is 2. The quantitative estimate of drug-likeness (QED) is 0.645. The lowest BCUT2D eigenvalue weighted by Crippen LogP contribution is -2.13. The van der Waals surface area contributed by atoms with Crippen LogP contribution in [0.25, 0.3) is 0 Å². The molecule has 2 heterocycles. The van der Waals surface area contributed by atoms with Crippen molar-refractivity contribution >= 4 is 35.1 Å². The molecule has 0 saturated heterocycles. The second kappa shape index (κ2) is 7.51. The normalized spacial score (nSPS) is 10.6. The minimum atomic E-state index is -0.325. The molecule has 0 aliphatic carbocycles. The Kier molecular flexibility index (Phi) is 5.17. The van der Waals surface area contributed by atoms with Gasteiger partial charge in [-0.25, -0.2) is 4.39 Å². The first-order valence-corrected chi connectivity index (χ1v) is 8.46. The minimum absolute atomic E-state index is 0.294. The van der Waals surface area contributed by atoms with E-state index in [9.17, 15) is 9.18 Å². The monoisotopic (exact) mass is 361 g/mol. The third-order valence-corrected chi connectivity index (χ3v) is 4.47. The highest BCUT2D eigenvalue weighted by Crippen LogP contribution is 2.27. The topological polar surface area (TPSA) is 57.8 Å². The Morgan fingerprint density at radius 3 is 2.92 bits per heavy atom. The van der Waals surface area contributed by atoms with Crippen LogP contribution in [0.15, 0.2) is 59.8 Å². The highest BCUT2D eigenvalue weighted by atomic mass is 35.5. The van der Waals surface area contributed by atoms with Crippen molar-refractivity contribution in [1.82, 2.24) is 9.97 Å². The number of H-pyrrole nitrogens is 1. The van der Waals surface area contributed by atoms with Crippen LogP contribution in [0.1, 0.15) is 16.1 Å². The fourth-order valence-electron chi connectivity index (χ4n) is 2.01. The van der Waals surface area contributed by atoms with Gasteiger partial charge in [0.2, 0.25) is 0 Å². The largest absolute Gasteiger partial charge is 0.347 e. The SMILES string of the molecule is O=C(Nc1cc(SCc2ccc(Cl)cc2F)c[nH]1)c1ccccn1. The number of carbonyl (C=O) groups excluding carboxylic acids is 1. The number of benzene rings is 1. The van der Waals surface area contributed by atoms with Gasteiger partial charge in [0.05, 0.1) is 0 Å². The average molecular weight is 362 g/mol. The summed E-state index contributed by atoms with van der Waals surface area (Å²) < 4.78 is 13.7. The number of halogens is 2. The summed E-state index contributed by atoms with van der Waals surface area (Å²) in [5.74, 6) is 0.408. The number of carbonyl (C=O) groups is 1. The maximum atomic E-state index is 13.7. The summed E-state index contributed by atoms with van der Waals surface area (Å²) in [6, 6.07) is 11.6. The predicted octanol–water partition coefficient (Wildman–Crippen LogP) is 4.75. The number of thioether (sulfide) groups is 1. The van der Waals surface area contributed by atoms with E-state index in [0.717, 1.165) is 4.90 Å². The molecule has 24 heavy (non-hydrogen) atoms. The van der Waals surface area contributed by atoms with E-state index in [-0.39, 0.29) is 11.7 Å². The van der Waals surface area contributed by atoms with Gasteiger partial charge in [0, 0.05) is 28.1 Å². The number of anilines is 1. The summed E-state index contributed by atoms with van der Waals surface area (Å²) >= 11 is 7.20. The molecule has 1 aromatic carbocycles. The van der Waals surface area contributed by atoms with E-state index in [1.54, 1.807) is 48.8 Å². The van der Waals surface area contributed by atoms with Crippen LogP contribution in [0.3, 0.4) is 0 Å². The van der Waals surface area contributed by atoms with Crippen LogP contribution in [0.5, 0.6) is 0 Å². The zero-order valence-electron chi connectivity index (χ0n) is 12.4. The molecule has 4 nitrogen and oxygen atoms in total. The smallest absolute Gasteiger partial charge is 0.275 e. The van der Waals surface area contributed by atoms with E-state index in [1.165, 1.54) is 17.8 Å². The Labute approximate surface area is 147 Å². The van der Waals surface area contributed by atoms with E-state index in [1.807, 2.05) is 0 Å². The number of amides is 1. The summed E-state index contributed by atoms with van der Waals surface area (Å²) in [4.78, 5) is 19.9. The number of nitrogens with one attached hydrogen (secondary N) is 2. The van der Waals surface area contributed by atoms with Crippen LogP contribution in [0.2, 0.25) is 5.02 Å². The van der Waals surface area contributed by atoms with E-state index < -0.39 is 0 Å². The predicted molar refractivity (Wildman–Crippen MR) is 94.0 cm³/mol. The standard InChI is InChI=1S/C17H13ClFN3OS/c18-12-5-4-11(14(19)7-12)10-24-13-8-16(21-9-13)22-17(23)15-3-1-2-6-20-15/h1-9,21H,10H2,(H,22,23). The summed E-state index contributed by atoms with van der Waals surface area (Å²) in [7, 11) is 0. The number of aromatic amines is 1. The Balaban J connectivity index is 1.60. The van der Waals surface area contributed by atoms with Gasteiger partial charge in [0.1, 0.15) is 17.3 Å². The van der Waals surface area contributed by atoms with Gasteiger partial charge >= 0.3 is 0 Å². The Morgan fingerprint density at radius 1 is 1.29 bits per heavy atom. The molecule has 2 aromatic heterocycles. The molecule has 0 fully saturated rings. The first-order valence-electron chi connectivity index (χ1n) is 7.09. The summed E-state index contributed by atoms with van der Waals surface area (Å²) in [5, 5.41) is 3.11. The van der Waals surface area contributed by atoms with Gasteiger partial charge in [-0.05, 0) is 35.9 Å². The van der Waals surface area contributed by atoms with E-state index in [4.69, 9.17) is 11.6 Å². The molecule has 0 bridgehead atoms. The number of rotatable bonds is 5. The molecule has 0 unspecified atom stereocenters. The molecule has 1 amide bonds. The van der Waals surface area contributed by atoms with E-state index in [0.29, 0.717) is 27.9 Å². The van der Waals surface area contributed by atoms with Gasteiger partial charge in [0.25, 0.3) is 5.91 Å². The zero-order chi connectivity index (χ0) is 16.9. The molecule has 2 N–H and O–H groups in total. The third kappa shape index (κ3) is 4.15. The second-order valence-corrected chi connectivity index (χ2v) is 6.43. The van der Waals surface area contributed by atoms with Crippen LogP contribution in [-0.2, 0) is 5.75 Å². The molecule has 3 rings (SSSR count). The highest BCUT2D eigenvalue weighted by molar-refractivity contribution is 7.98. The van der Waals surface area contributed by atoms with Crippen LogP contribution in [0, 0.1) is 5.82 Å². The van der Waals surface area contributed by atoms with Crippen molar-refractivity contribution < 1.29 is 9.18 Å². The Morgan fingerprint density at radius 2 is 2.17 bits per heavy atom. The maximum absolute atomic E-state index is 13.7. The molecule has 3 aromatic rings. The summed E-state index contributed by atoms with van der Waals surface area (Å²) in [6.45, 7) is 0. The van der Waals surface area contributed by atoms with Gasteiger partial charge in [-0.2, -0.15) is 0 Å². The molecular formula is C17H13ClFN3OS. The number of pyridine rings is 1. The van der Waals surface area contributed by atoms with Crippen molar-refractivity contribution in [1.29, 1.82) is 0 Å². The van der Waals surface area contributed by atoms with Crippen LogP contribution < -0.4 is 5.32 Å². The molecule has 0 aliphatic rings. The second-order valence-electron chi connectivity index (χ2n) is 4.94. The first-order chi connectivity index (χ1) is 11.6. The summed E-state index contributed by atoms with van der Waals surface area (Å²) in [6.07, 6.45) is 3.32. The molecule has 0 radical (unpaired) electrons. The number of nitrogens with zero attached hydrogens (tertiary/aromatic N) is 1. The van der Waals surface area contributed by atoms with Gasteiger partial charge < -0.3 is 10.3 Å². The lowest BCUT2D eigenvalue weighted by Gasteiger charge is -2.02. The number of hydrogen-bond acceptors (Lipinski definition) is 3. The van der Waals surface area contributed by atoms with Gasteiger partial charge in [-0.1, -0.05) is 23.7 Å². The lowest BCUT2D eigenvalue weighted by atomic mass is 10.2. The molecule has 0 aliphatic heterocycles. The maximum Gasteiger partial charge on any atom is 0.275 e. The van der Waals surface area contributed by atoms with Crippen LogP contribution >= 0.6 is 23.4 Å². The molecule has 7 heteroatoms. The number of aromatic nitrogens is 2. The average Bonchev–Trinajstić information content (AvgIpc) is 3.02. The molecule has 122 valence electrons. The first kappa shape index (κ1) is 16.5. The van der Waals surface area contributed by atoms with Gasteiger partial charge in [-0.3, -0.25) is 9.78 Å². The fourth-order valence-corrected chi connectivity index (χ4v) is 3.07. The highest BCUT2D eigenvalue weighted by Gasteiger charge is 2.09. The third-order valence-electron chi connectivity index (χ3n) is 3.21. The van der Waals surface area contributed by atoms with Crippen molar-refractivity contribution in [2.75, 3.05) is 5.32 Å². The lowest BCUT2D eigenvalue weighted by molar-refractivity contribution is 0.102. The van der Waals surface area contributed by atoms with E-state index >= 15 is 0 Å². The van der Waals surface area contributed by atoms with E-state index in [2.05, 4.69) is 15.3 Å². The van der Waals surface area contributed by atoms with Crippen molar-refractivity contribution in [3.8, 4) is 0 Å². The van der Waals surface area contributed by atoms with Crippen molar-refractivity contribution in [3.63, 3.8) is 0 Å². The van der Waals surface area contributed by atoms with Gasteiger partial charge in [0.15, 0.2) is 0 Å². The minimum Gasteiger partial charge on any atom is -0.347 e. The van der Waals surface area contributed by atoms with Crippen molar-refractivity contribution in [2.45, 2.75) is 10.6 Å². The molecule has 0 atom stereocenters. The Bertz CT molecular complexity index is 854.